The van der Waals surface area contributed by atoms with E-state index in [2.05, 4.69) is 120 Å². The Morgan fingerprint density at radius 2 is 1.34 bits per heavy atom. The Labute approximate surface area is 284 Å². The Bertz CT molecular complexity index is 1760. The van der Waals surface area contributed by atoms with Crippen LogP contribution in [0.15, 0.2) is 79.4 Å². The van der Waals surface area contributed by atoms with Crippen LogP contribution in [0.2, 0.25) is 0 Å². The predicted molar refractivity (Wildman–Crippen MR) is 164 cm³/mol. The number of hydrogen-bond acceptors (Lipinski definition) is 3. The van der Waals surface area contributed by atoms with Gasteiger partial charge in [0.05, 0.1) is 0 Å². The van der Waals surface area contributed by atoms with E-state index in [1.165, 1.54) is 82.0 Å². The summed E-state index contributed by atoms with van der Waals surface area (Å²) < 4.78 is 2.45. The van der Waals surface area contributed by atoms with Gasteiger partial charge in [-0.1, -0.05) is 37.7 Å². The maximum absolute atomic E-state index is 3.80. The van der Waals surface area contributed by atoms with Gasteiger partial charge in [-0.25, -0.2) is 0 Å². The fourth-order valence-corrected chi connectivity index (χ4v) is 9.48. The second-order valence-electron chi connectivity index (χ2n) is 9.10. The van der Waals surface area contributed by atoms with Gasteiger partial charge in [0.15, 0.2) is 0 Å². The number of thiophene rings is 2. The molecule has 0 unspecified atom stereocenters. The van der Waals surface area contributed by atoms with Crippen molar-refractivity contribution in [2.75, 3.05) is 0 Å². The van der Waals surface area contributed by atoms with Crippen LogP contribution in [-0.4, -0.2) is 0 Å². The molecule has 38 heavy (non-hydrogen) atoms. The maximum Gasteiger partial charge on any atom is 4.00 e. The van der Waals surface area contributed by atoms with Crippen LogP contribution in [0.5, 0.6) is 0 Å². The van der Waals surface area contributed by atoms with E-state index in [1.54, 1.807) is 0 Å². The minimum absolute atomic E-state index is 0. The maximum atomic E-state index is 3.80. The third-order valence-electron chi connectivity index (χ3n) is 6.38. The van der Waals surface area contributed by atoms with Gasteiger partial charge in [0.25, 0.3) is 0 Å². The largest absolute Gasteiger partial charge is 4.00 e. The molecular formula is C30H22Br2Cl2S3Zr. The SMILES string of the molecule is Cc1cc2c3cc(c(Br)c2[cH-]1)-c1cc(c(C)s1)S3.Cc1cc2ccc(-c3ccc(C)s3)c(Br)c2[cH-]1.[Cl-].[Cl-].[Zr+4]. The van der Waals surface area contributed by atoms with Crippen LogP contribution in [0.25, 0.3) is 42.4 Å². The first-order valence-corrected chi connectivity index (χ1v) is 15.4. The van der Waals surface area contributed by atoms with Crippen LogP contribution in [-0.2, 0) is 26.2 Å². The van der Waals surface area contributed by atoms with Gasteiger partial charge in [-0.3, -0.25) is 0 Å². The van der Waals surface area contributed by atoms with Crippen LogP contribution in [0.3, 0.4) is 0 Å². The predicted octanol–water partition coefficient (Wildman–Crippen LogP) is 5.80. The number of hydrogen-bond donors (Lipinski definition) is 0. The van der Waals surface area contributed by atoms with E-state index in [-0.39, 0.29) is 51.0 Å². The third-order valence-corrected chi connectivity index (χ3v) is 11.5. The van der Waals surface area contributed by atoms with Gasteiger partial charge in [0.2, 0.25) is 0 Å². The Morgan fingerprint density at radius 3 is 2.05 bits per heavy atom. The second kappa shape index (κ2) is 12.8. The smallest absolute Gasteiger partial charge is 1.00 e. The molecule has 1 aliphatic rings. The molecule has 192 valence electrons. The molecular weight excluding hydrogens is 778 g/mol. The van der Waals surface area contributed by atoms with E-state index < -0.39 is 0 Å². The summed E-state index contributed by atoms with van der Waals surface area (Å²) >= 11 is 13.2. The van der Waals surface area contributed by atoms with E-state index in [0.29, 0.717) is 0 Å². The van der Waals surface area contributed by atoms with E-state index in [9.17, 15) is 0 Å². The van der Waals surface area contributed by atoms with Crippen molar-refractivity contribution in [2.45, 2.75) is 37.5 Å². The molecule has 3 heterocycles. The Kier molecular flexibility index (Phi) is 10.9. The first-order valence-electron chi connectivity index (χ1n) is 11.4. The van der Waals surface area contributed by atoms with Crippen molar-refractivity contribution in [3.8, 4) is 20.9 Å². The normalized spacial score (nSPS) is 11.2. The summed E-state index contributed by atoms with van der Waals surface area (Å²) in [5, 5.41) is 5.34. The molecule has 0 fully saturated rings. The first-order chi connectivity index (χ1) is 16.8. The molecule has 6 aromatic rings. The minimum atomic E-state index is 0. The first kappa shape index (κ1) is 32.3. The zero-order chi connectivity index (χ0) is 24.4. The number of benzene rings is 2. The molecule has 0 aliphatic carbocycles. The summed E-state index contributed by atoms with van der Waals surface area (Å²) in [6, 6.07) is 22.5. The molecule has 0 spiro atoms. The van der Waals surface area contributed by atoms with Gasteiger partial charge in [0.1, 0.15) is 0 Å². The number of fused-ring (bicyclic) bond motifs is 8. The molecule has 0 saturated heterocycles. The summed E-state index contributed by atoms with van der Waals surface area (Å²) in [6.45, 7) is 8.66. The molecule has 0 radical (unpaired) electrons. The van der Waals surface area contributed by atoms with Gasteiger partial charge in [-0.15, -0.1) is 105 Å². The Balaban J connectivity index is 0.000000195. The molecule has 0 amide bonds. The van der Waals surface area contributed by atoms with Crippen LogP contribution >= 0.6 is 66.3 Å². The number of halogens is 4. The van der Waals surface area contributed by atoms with Crippen molar-refractivity contribution in [3.05, 3.63) is 90.5 Å². The van der Waals surface area contributed by atoms with Crippen LogP contribution in [0.1, 0.15) is 20.9 Å². The van der Waals surface area contributed by atoms with E-state index in [0.717, 1.165) is 0 Å². The standard InChI is InChI=1S/C15H10BrS2.C15H12BrS.2ClH.Zr/c1-7-3-9-10(4-7)15(16)11-5-13(9)18-12-6-14(11)17-8(12)2;1-9-7-11-4-5-12(15(16)13(11)8-9)14-6-3-10(2)17-14;;;/h3-6H,1-2H3;3-8H,1-2H3;2*1H;/q2*-1;;;+4/p-2. The summed E-state index contributed by atoms with van der Waals surface area (Å²) in [7, 11) is 0. The third kappa shape index (κ3) is 5.90. The van der Waals surface area contributed by atoms with Crippen molar-refractivity contribution < 1.29 is 51.0 Å². The van der Waals surface area contributed by atoms with Gasteiger partial charge in [-0.05, 0) is 57.0 Å². The van der Waals surface area contributed by atoms with Crippen LogP contribution < -0.4 is 24.8 Å². The van der Waals surface area contributed by atoms with Crippen molar-refractivity contribution >= 4 is 87.8 Å². The van der Waals surface area contributed by atoms with Gasteiger partial charge in [0, 0.05) is 24.4 Å². The summed E-state index contributed by atoms with van der Waals surface area (Å²) in [5.74, 6) is 0. The quantitative estimate of drug-likeness (QED) is 0.190. The van der Waals surface area contributed by atoms with Crippen LogP contribution in [0.4, 0.5) is 0 Å². The zero-order valence-electron chi connectivity index (χ0n) is 21.0. The minimum Gasteiger partial charge on any atom is -1.00 e. The molecule has 7 rings (SSSR count). The topological polar surface area (TPSA) is 0 Å². The summed E-state index contributed by atoms with van der Waals surface area (Å²) in [6.07, 6.45) is 0. The molecule has 4 bridgehead atoms. The van der Waals surface area contributed by atoms with Crippen molar-refractivity contribution in [3.63, 3.8) is 0 Å². The molecule has 0 saturated carbocycles. The monoisotopic (exact) mass is 796 g/mol. The molecule has 4 aromatic carbocycles. The Hall–Kier alpha value is -0.167. The number of aryl methyl sites for hydroxylation is 4. The summed E-state index contributed by atoms with van der Waals surface area (Å²) in [5.41, 5.74) is 5.29. The van der Waals surface area contributed by atoms with E-state index >= 15 is 0 Å². The molecule has 0 nitrogen and oxygen atoms in total. The van der Waals surface area contributed by atoms with Gasteiger partial charge in [-0.2, -0.15) is 12.1 Å². The Morgan fingerprint density at radius 1 is 0.658 bits per heavy atom. The molecule has 8 heteroatoms. The van der Waals surface area contributed by atoms with Crippen molar-refractivity contribution in [1.29, 1.82) is 0 Å². The van der Waals surface area contributed by atoms with E-state index in [4.69, 9.17) is 0 Å². The zero-order valence-corrected chi connectivity index (χ0v) is 30.6. The molecule has 1 aliphatic heterocycles. The van der Waals surface area contributed by atoms with E-state index in [1.807, 2.05) is 34.4 Å². The fourth-order valence-electron chi connectivity index (χ4n) is 4.70. The fraction of sp³-hybridized carbons (Fsp3) is 0.133. The number of rotatable bonds is 1. The molecule has 0 N–H and O–H groups in total. The molecule has 0 atom stereocenters. The van der Waals surface area contributed by atoms with Gasteiger partial charge >= 0.3 is 26.2 Å². The van der Waals surface area contributed by atoms with Gasteiger partial charge < -0.3 is 24.8 Å². The second-order valence-corrected chi connectivity index (χ2v) is 14.3. The van der Waals surface area contributed by atoms with Crippen molar-refractivity contribution in [1.82, 2.24) is 0 Å². The average Bonchev–Trinajstić information content (AvgIpc) is 3.56. The summed E-state index contributed by atoms with van der Waals surface area (Å²) in [4.78, 5) is 8.27. The molecule has 2 aromatic heterocycles. The average molecular weight is 801 g/mol. The van der Waals surface area contributed by atoms with Crippen LogP contribution in [0, 0.1) is 27.7 Å². The van der Waals surface area contributed by atoms with Crippen molar-refractivity contribution in [2.24, 2.45) is 0 Å².